The summed E-state index contributed by atoms with van der Waals surface area (Å²) in [6.45, 7) is -0.0463. The van der Waals surface area contributed by atoms with E-state index in [4.69, 9.17) is 19.9 Å². The van der Waals surface area contributed by atoms with Crippen LogP contribution in [-0.4, -0.2) is 53.4 Å². The van der Waals surface area contributed by atoms with Crippen molar-refractivity contribution in [2.75, 3.05) is 13.2 Å². The quantitative estimate of drug-likeness (QED) is 0.579. The summed E-state index contributed by atoms with van der Waals surface area (Å²) < 4.78 is 36.6. The number of hydrogen-bond acceptors (Lipinski definition) is 8. The lowest BCUT2D eigenvalue weighted by atomic mass is 10.0. The van der Waals surface area contributed by atoms with Crippen LogP contribution in [0.1, 0.15) is 6.42 Å². The lowest BCUT2D eigenvalue weighted by Gasteiger charge is -2.30. The van der Waals surface area contributed by atoms with E-state index in [1.807, 2.05) is 0 Å². The molecule has 0 saturated carbocycles. The zero-order valence-corrected chi connectivity index (χ0v) is 14.9. The lowest BCUT2D eigenvalue weighted by Crippen LogP contribution is -2.46. The molecular formula is C17H18N2O7S. The lowest BCUT2D eigenvalue weighted by molar-refractivity contribution is -0.289. The molecule has 1 aromatic carbocycles. The molecule has 2 aromatic rings. The number of benzene rings is 1. The van der Waals surface area contributed by atoms with Crippen LogP contribution in [-0.2, 0) is 19.4 Å². The van der Waals surface area contributed by atoms with Crippen LogP contribution >= 0.6 is 0 Å². The first-order chi connectivity index (χ1) is 12.9. The number of pyridine rings is 1. The summed E-state index contributed by atoms with van der Waals surface area (Å²) in [5, 5.41) is 16.2. The molecule has 1 aromatic heterocycles. The summed E-state index contributed by atoms with van der Waals surface area (Å²) in [6.07, 6.45) is 3.20. The molecule has 144 valence electrons. The van der Waals surface area contributed by atoms with E-state index < -0.39 is 32.1 Å². The fourth-order valence-corrected chi connectivity index (χ4v) is 4.78. The van der Waals surface area contributed by atoms with Crippen LogP contribution in [0.4, 0.5) is 0 Å². The van der Waals surface area contributed by atoms with Crippen molar-refractivity contribution in [1.29, 1.82) is 0 Å². The Labute approximate surface area is 155 Å². The molecule has 9 nitrogen and oxygen atoms in total. The average molecular weight is 394 g/mol. The highest BCUT2D eigenvalue weighted by Crippen LogP contribution is 2.30. The fraction of sp³-hybridized carbons (Fsp3) is 0.294. The Balaban J connectivity index is 1.82. The molecule has 1 fully saturated rings. The van der Waals surface area contributed by atoms with Gasteiger partial charge in [-0.1, -0.05) is 5.23 Å². The van der Waals surface area contributed by atoms with Gasteiger partial charge in [-0.2, -0.15) is 0 Å². The van der Waals surface area contributed by atoms with Crippen molar-refractivity contribution in [3.8, 4) is 11.5 Å². The Morgan fingerprint density at radius 3 is 2.56 bits per heavy atom. The monoisotopic (exact) mass is 394 g/mol. The normalized spacial score (nSPS) is 20.1. The summed E-state index contributed by atoms with van der Waals surface area (Å²) >= 11 is 0. The van der Waals surface area contributed by atoms with Crippen LogP contribution in [0, 0.1) is 5.92 Å². The molecule has 2 heterocycles. The molecule has 3 rings (SSSR count). The third-order valence-corrected chi connectivity index (χ3v) is 6.52. The van der Waals surface area contributed by atoms with Gasteiger partial charge in [0.1, 0.15) is 11.5 Å². The number of carbonyl (C=O) groups excluding carboxylic acids is 1. The molecule has 1 saturated heterocycles. The molecule has 2 atom stereocenters. The number of nitrogens with zero attached hydrogens (tertiary/aromatic N) is 2. The molecular weight excluding hydrogens is 376 g/mol. The average Bonchev–Trinajstić information content (AvgIpc) is 2.68. The third-order valence-electron chi connectivity index (χ3n) is 4.23. The molecule has 2 unspecified atom stereocenters. The van der Waals surface area contributed by atoms with Gasteiger partial charge < -0.3 is 9.47 Å². The maximum atomic E-state index is 13.0. The van der Waals surface area contributed by atoms with Gasteiger partial charge in [0.15, 0.2) is 9.84 Å². The number of ether oxygens (including phenoxy) is 2. The summed E-state index contributed by atoms with van der Waals surface area (Å²) in [5.41, 5.74) is 0. The van der Waals surface area contributed by atoms with Gasteiger partial charge in [-0.25, -0.2) is 8.42 Å². The Morgan fingerprint density at radius 2 is 1.93 bits per heavy atom. The van der Waals surface area contributed by atoms with Crippen LogP contribution in [0.15, 0.2) is 53.7 Å². The Kier molecular flexibility index (Phi) is 5.71. The molecule has 0 spiro atoms. The zero-order chi connectivity index (χ0) is 19.4. The second-order valence-corrected chi connectivity index (χ2v) is 8.11. The van der Waals surface area contributed by atoms with Crippen molar-refractivity contribution in [3.63, 3.8) is 0 Å². The highest BCUT2D eigenvalue weighted by atomic mass is 32.2. The van der Waals surface area contributed by atoms with Gasteiger partial charge in [-0.15, -0.1) is 0 Å². The Hall–Kier alpha value is -2.53. The largest absolute Gasteiger partial charge is 0.456 e. The van der Waals surface area contributed by atoms with E-state index in [0.29, 0.717) is 11.5 Å². The van der Waals surface area contributed by atoms with Gasteiger partial charge in [-0.05, 0) is 42.8 Å². The Bertz CT molecular complexity index is 885. The second-order valence-electron chi connectivity index (χ2n) is 5.94. The molecule has 10 heteroatoms. The van der Waals surface area contributed by atoms with Crippen molar-refractivity contribution in [1.82, 2.24) is 10.2 Å². The summed E-state index contributed by atoms with van der Waals surface area (Å²) in [4.78, 5) is 15.8. The predicted octanol–water partition coefficient (Wildman–Crippen LogP) is 1.66. The van der Waals surface area contributed by atoms with E-state index in [2.05, 4.69) is 4.98 Å². The van der Waals surface area contributed by atoms with Gasteiger partial charge >= 0.3 is 0 Å². The van der Waals surface area contributed by atoms with E-state index in [9.17, 15) is 13.2 Å². The SMILES string of the molecule is O=C(C1COCCC1S(=O)(=O)c1ccc(Oc2cccnc2)cc1)N(O)O. The molecule has 0 aliphatic carbocycles. The number of sulfone groups is 1. The number of carbonyl (C=O) groups is 1. The van der Waals surface area contributed by atoms with E-state index in [-0.39, 0.29) is 24.5 Å². The van der Waals surface area contributed by atoms with Crippen LogP contribution < -0.4 is 4.74 Å². The number of hydroxylamine groups is 2. The molecule has 1 aliphatic heterocycles. The topological polar surface area (TPSA) is 126 Å². The molecule has 0 radical (unpaired) electrons. The van der Waals surface area contributed by atoms with Gasteiger partial charge in [0, 0.05) is 12.8 Å². The minimum absolute atomic E-state index is 0.00756. The maximum absolute atomic E-state index is 13.0. The number of aromatic nitrogens is 1. The van der Waals surface area contributed by atoms with Gasteiger partial charge in [0.05, 0.1) is 28.9 Å². The minimum atomic E-state index is -3.90. The summed E-state index contributed by atoms with van der Waals surface area (Å²) in [7, 11) is -3.90. The molecule has 1 aliphatic rings. The van der Waals surface area contributed by atoms with Crippen molar-refractivity contribution >= 4 is 15.7 Å². The molecule has 27 heavy (non-hydrogen) atoms. The van der Waals surface area contributed by atoms with Crippen LogP contribution in [0.5, 0.6) is 11.5 Å². The number of rotatable bonds is 5. The minimum Gasteiger partial charge on any atom is -0.456 e. The summed E-state index contributed by atoms with van der Waals surface area (Å²) in [6, 6.07) is 9.19. The Morgan fingerprint density at radius 1 is 1.19 bits per heavy atom. The van der Waals surface area contributed by atoms with Crippen molar-refractivity contribution in [3.05, 3.63) is 48.8 Å². The van der Waals surface area contributed by atoms with Crippen LogP contribution in [0.3, 0.4) is 0 Å². The third kappa shape index (κ3) is 4.25. The molecule has 0 bridgehead atoms. The smallest absolute Gasteiger partial charge is 0.279 e. The van der Waals surface area contributed by atoms with E-state index in [0.717, 1.165) is 0 Å². The van der Waals surface area contributed by atoms with Crippen LogP contribution in [0.25, 0.3) is 0 Å². The van der Waals surface area contributed by atoms with Gasteiger partial charge in [0.25, 0.3) is 5.91 Å². The highest BCUT2D eigenvalue weighted by Gasteiger charge is 2.42. The van der Waals surface area contributed by atoms with Crippen molar-refractivity contribution < 1.29 is 33.1 Å². The van der Waals surface area contributed by atoms with E-state index in [1.165, 1.54) is 30.5 Å². The number of amides is 1. The van der Waals surface area contributed by atoms with Crippen LogP contribution in [0.2, 0.25) is 0 Å². The van der Waals surface area contributed by atoms with E-state index in [1.54, 1.807) is 18.3 Å². The first-order valence-corrected chi connectivity index (χ1v) is 9.65. The first-order valence-electron chi connectivity index (χ1n) is 8.11. The van der Waals surface area contributed by atoms with Gasteiger partial charge in [-0.3, -0.25) is 20.2 Å². The highest BCUT2D eigenvalue weighted by molar-refractivity contribution is 7.92. The van der Waals surface area contributed by atoms with Crippen molar-refractivity contribution in [2.24, 2.45) is 5.92 Å². The molecule has 2 N–H and O–H groups in total. The fourth-order valence-electron chi connectivity index (χ4n) is 2.88. The maximum Gasteiger partial charge on any atom is 0.279 e. The van der Waals surface area contributed by atoms with Gasteiger partial charge in [0.2, 0.25) is 0 Å². The summed E-state index contributed by atoms with van der Waals surface area (Å²) in [5.74, 6) is -1.39. The number of hydrogen-bond donors (Lipinski definition) is 2. The standard InChI is InChI=1S/C17H18N2O7S/c20-17(19(21)22)15-11-25-9-7-16(15)27(23,24)14-5-3-12(4-6-14)26-13-2-1-8-18-10-13/h1-6,8,10,15-16,21-22H,7,9,11H2. The molecule has 1 amide bonds. The zero-order valence-electron chi connectivity index (χ0n) is 14.1. The first kappa shape index (κ1) is 19.2. The second kappa shape index (κ2) is 8.01. The van der Waals surface area contributed by atoms with Crippen molar-refractivity contribution in [2.45, 2.75) is 16.6 Å². The predicted molar refractivity (Wildman–Crippen MR) is 91.1 cm³/mol. The van der Waals surface area contributed by atoms with E-state index >= 15 is 0 Å².